The minimum absolute atomic E-state index is 0.319. The van der Waals surface area contributed by atoms with Gasteiger partial charge in [-0.05, 0) is 17.7 Å². The molecular formula is C10H10N2O3. The molecule has 1 aromatic rings. The van der Waals surface area contributed by atoms with E-state index in [0.717, 1.165) is 6.08 Å². The minimum Gasteiger partial charge on any atom is -0.366 e. The second-order valence-electron chi connectivity index (χ2n) is 2.76. The molecule has 0 saturated carbocycles. The molecule has 5 heteroatoms. The molecule has 15 heavy (non-hydrogen) atoms. The average molecular weight is 206 g/mol. The van der Waals surface area contributed by atoms with Gasteiger partial charge < -0.3 is 5.73 Å². The van der Waals surface area contributed by atoms with Crippen LogP contribution < -0.4 is 11.2 Å². The van der Waals surface area contributed by atoms with Gasteiger partial charge in [0, 0.05) is 11.6 Å². The van der Waals surface area contributed by atoms with Gasteiger partial charge in [0.2, 0.25) is 5.91 Å². The van der Waals surface area contributed by atoms with Crippen molar-refractivity contribution in [2.45, 2.75) is 0 Å². The monoisotopic (exact) mass is 206 g/mol. The fraction of sp³-hybridized carbons (Fsp3) is 0. The van der Waals surface area contributed by atoms with Crippen LogP contribution in [0.4, 0.5) is 0 Å². The van der Waals surface area contributed by atoms with Crippen LogP contribution in [0.3, 0.4) is 0 Å². The van der Waals surface area contributed by atoms with E-state index in [4.69, 9.17) is 10.9 Å². The highest BCUT2D eigenvalue weighted by molar-refractivity contribution is 5.98. The number of benzene rings is 1. The van der Waals surface area contributed by atoms with Crippen molar-refractivity contribution in [1.82, 2.24) is 5.48 Å². The van der Waals surface area contributed by atoms with Gasteiger partial charge in [0.15, 0.2) is 0 Å². The lowest BCUT2D eigenvalue weighted by Crippen LogP contribution is -2.15. The standard InChI is InChI=1S/C10H10N2O3/c11-10(14)8-4-2-1-3-7(8)5-6-9(13)12-15/h1-6,15H,(H2,11,14)(H,12,13)/b6-5+. The van der Waals surface area contributed by atoms with Crippen LogP contribution in [-0.2, 0) is 4.79 Å². The Labute approximate surface area is 86.2 Å². The Balaban J connectivity index is 2.99. The lowest BCUT2D eigenvalue weighted by molar-refractivity contribution is -0.124. The minimum atomic E-state index is -0.672. The third-order valence-electron chi connectivity index (χ3n) is 1.75. The molecule has 0 fully saturated rings. The maximum absolute atomic E-state index is 11.0. The Morgan fingerprint density at radius 1 is 1.33 bits per heavy atom. The summed E-state index contributed by atoms with van der Waals surface area (Å²) in [6.45, 7) is 0. The maximum atomic E-state index is 11.0. The summed E-state index contributed by atoms with van der Waals surface area (Å²) in [5.74, 6) is -1.24. The molecule has 0 bridgehead atoms. The maximum Gasteiger partial charge on any atom is 0.267 e. The molecule has 0 saturated heterocycles. The van der Waals surface area contributed by atoms with Crippen molar-refractivity contribution in [1.29, 1.82) is 0 Å². The Bertz CT molecular complexity index is 413. The predicted molar refractivity (Wildman–Crippen MR) is 53.9 cm³/mol. The largest absolute Gasteiger partial charge is 0.366 e. The first-order valence-corrected chi connectivity index (χ1v) is 4.16. The smallest absolute Gasteiger partial charge is 0.267 e. The van der Waals surface area contributed by atoms with E-state index in [9.17, 15) is 9.59 Å². The van der Waals surface area contributed by atoms with Crippen molar-refractivity contribution in [3.05, 3.63) is 41.5 Å². The van der Waals surface area contributed by atoms with Crippen molar-refractivity contribution < 1.29 is 14.8 Å². The van der Waals surface area contributed by atoms with E-state index >= 15 is 0 Å². The molecule has 0 aliphatic carbocycles. The summed E-state index contributed by atoms with van der Waals surface area (Å²) in [6.07, 6.45) is 2.49. The van der Waals surface area contributed by atoms with Crippen molar-refractivity contribution in [3.8, 4) is 0 Å². The number of primary amides is 1. The molecule has 0 unspecified atom stereocenters. The van der Waals surface area contributed by atoms with Gasteiger partial charge in [-0.1, -0.05) is 18.2 Å². The molecule has 0 radical (unpaired) electrons. The molecule has 5 nitrogen and oxygen atoms in total. The van der Waals surface area contributed by atoms with Gasteiger partial charge in [-0.2, -0.15) is 0 Å². The van der Waals surface area contributed by atoms with Gasteiger partial charge in [-0.15, -0.1) is 0 Å². The normalized spacial score (nSPS) is 10.2. The zero-order valence-corrected chi connectivity index (χ0v) is 7.81. The van der Waals surface area contributed by atoms with Gasteiger partial charge in [-0.3, -0.25) is 14.8 Å². The molecule has 1 rings (SSSR count). The molecule has 0 aliphatic heterocycles. The first kappa shape index (κ1) is 10.9. The van der Waals surface area contributed by atoms with E-state index in [1.54, 1.807) is 24.3 Å². The molecule has 4 N–H and O–H groups in total. The third kappa shape index (κ3) is 2.92. The Morgan fingerprint density at radius 2 is 2.00 bits per heavy atom. The highest BCUT2D eigenvalue weighted by Gasteiger charge is 2.04. The molecule has 0 heterocycles. The SMILES string of the molecule is NC(=O)c1ccccc1/C=C/C(=O)NO. The van der Waals surface area contributed by atoms with Crippen LogP contribution in [-0.4, -0.2) is 17.0 Å². The number of carbonyl (C=O) groups excluding carboxylic acids is 2. The molecular weight excluding hydrogens is 196 g/mol. The molecule has 0 aliphatic rings. The number of rotatable bonds is 3. The second kappa shape index (κ2) is 4.92. The van der Waals surface area contributed by atoms with Gasteiger partial charge in [0.25, 0.3) is 5.91 Å². The van der Waals surface area contributed by atoms with E-state index in [-0.39, 0.29) is 0 Å². The van der Waals surface area contributed by atoms with Gasteiger partial charge >= 0.3 is 0 Å². The first-order valence-electron chi connectivity index (χ1n) is 4.16. The van der Waals surface area contributed by atoms with Crippen LogP contribution >= 0.6 is 0 Å². The van der Waals surface area contributed by atoms with E-state index in [1.165, 1.54) is 11.6 Å². The molecule has 0 aromatic heterocycles. The van der Waals surface area contributed by atoms with Gasteiger partial charge in [-0.25, -0.2) is 5.48 Å². The van der Waals surface area contributed by atoms with Gasteiger partial charge in [0.05, 0.1) is 0 Å². The van der Waals surface area contributed by atoms with Crippen LogP contribution in [0.1, 0.15) is 15.9 Å². The fourth-order valence-electron chi connectivity index (χ4n) is 1.07. The average Bonchev–Trinajstić information content (AvgIpc) is 2.26. The quantitative estimate of drug-likeness (QED) is 0.377. The lowest BCUT2D eigenvalue weighted by Gasteiger charge is -2.00. The summed E-state index contributed by atoms with van der Waals surface area (Å²) in [7, 11) is 0. The number of hydrogen-bond donors (Lipinski definition) is 3. The summed E-state index contributed by atoms with van der Waals surface area (Å²) >= 11 is 0. The van der Waals surface area contributed by atoms with Crippen LogP contribution in [0.25, 0.3) is 6.08 Å². The molecule has 2 amide bonds. The topological polar surface area (TPSA) is 92.4 Å². The zero-order valence-electron chi connectivity index (χ0n) is 7.81. The molecule has 1 aromatic carbocycles. The van der Waals surface area contributed by atoms with E-state index < -0.39 is 11.8 Å². The first-order chi connectivity index (χ1) is 7.15. The Kier molecular flexibility index (Phi) is 3.59. The van der Waals surface area contributed by atoms with E-state index in [1.807, 2.05) is 0 Å². The highest BCUT2D eigenvalue weighted by Crippen LogP contribution is 2.09. The van der Waals surface area contributed by atoms with E-state index in [0.29, 0.717) is 11.1 Å². The number of carbonyl (C=O) groups is 2. The summed E-state index contributed by atoms with van der Waals surface area (Å²) in [5.41, 5.74) is 7.41. The van der Waals surface area contributed by atoms with Crippen molar-refractivity contribution >= 4 is 17.9 Å². The number of hydrogen-bond acceptors (Lipinski definition) is 3. The Morgan fingerprint density at radius 3 is 2.60 bits per heavy atom. The van der Waals surface area contributed by atoms with Crippen LogP contribution in [0.15, 0.2) is 30.3 Å². The summed E-state index contributed by atoms with van der Waals surface area (Å²) in [4.78, 5) is 21.7. The summed E-state index contributed by atoms with van der Waals surface area (Å²) < 4.78 is 0. The molecule has 0 spiro atoms. The fourth-order valence-corrected chi connectivity index (χ4v) is 1.07. The third-order valence-corrected chi connectivity index (χ3v) is 1.75. The summed E-state index contributed by atoms with van der Waals surface area (Å²) in [5, 5.41) is 8.25. The lowest BCUT2D eigenvalue weighted by atomic mass is 10.1. The predicted octanol–water partition coefficient (Wildman–Crippen LogP) is 0.304. The highest BCUT2D eigenvalue weighted by atomic mass is 16.5. The number of amides is 2. The van der Waals surface area contributed by atoms with Crippen molar-refractivity contribution in [2.24, 2.45) is 5.73 Å². The van der Waals surface area contributed by atoms with Crippen LogP contribution in [0, 0.1) is 0 Å². The number of hydroxylamine groups is 1. The van der Waals surface area contributed by atoms with Crippen molar-refractivity contribution in [2.75, 3.05) is 0 Å². The Hall–Kier alpha value is -2.14. The van der Waals surface area contributed by atoms with Crippen LogP contribution in [0.5, 0.6) is 0 Å². The van der Waals surface area contributed by atoms with Crippen molar-refractivity contribution in [3.63, 3.8) is 0 Å². The zero-order chi connectivity index (χ0) is 11.3. The van der Waals surface area contributed by atoms with Crippen LogP contribution in [0.2, 0.25) is 0 Å². The molecule has 78 valence electrons. The number of nitrogens with one attached hydrogen (secondary N) is 1. The van der Waals surface area contributed by atoms with E-state index in [2.05, 4.69) is 0 Å². The summed E-state index contributed by atoms with van der Waals surface area (Å²) in [6, 6.07) is 6.58. The second-order valence-corrected chi connectivity index (χ2v) is 2.76. The van der Waals surface area contributed by atoms with Gasteiger partial charge in [0.1, 0.15) is 0 Å². The molecule has 0 atom stereocenters. The number of nitrogens with two attached hydrogens (primary N) is 1.